The van der Waals surface area contributed by atoms with E-state index >= 15 is 0 Å². The van der Waals surface area contributed by atoms with Gasteiger partial charge in [-0.3, -0.25) is 9.59 Å². The molecule has 0 aromatic heterocycles. The average molecular weight is 361 g/mol. The molecule has 0 radical (unpaired) electrons. The van der Waals surface area contributed by atoms with Gasteiger partial charge in [0.2, 0.25) is 0 Å². The van der Waals surface area contributed by atoms with Gasteiger partial charge in [0.05, 0.1) is 6.42 Å². The first-order chi connectivity index (χ1) is 12.5. The van der Waals surface area contributed by atoms with Crippen LogP contribution >= 0.6 is 0 Å². The summed E-state index contributed by atoms with van der Waals surface area (Å²) in [5.41, 5.74) is 2.76. The van der Waals surface area contributed by atoms with Crippen LogP contribution in [-0.2, 0) is 4.79 Å². The van der Waals surface area contributed by atoms with Crippen LogP contribution in [0.2, 0.25) is 0 Å². The molecule has 0 fully saturated rings. The quantitative estimate of drug-likeness (QED) is 0.410. The van der Waals surface area contributed by atoms with Crippen molar-refractivity contribution in [2.45, 2.75) is 67.7 Å². The molecule has 0 aliphatic carbocycles. The van der Waals surface area contributed by atoms with E-state index in [0.717, 1.165) is 17.6 Å². The highest BCUT2D eigenvalue weighted by atomic mass is 16.4. The van der Waals surface area contributed by atoms with Gasteiger partial charge in [0, 0.05) is 11.5 Å². The van der Waals surface area contributed by atoms with E-state index in [-0.39, 0.29) is 12.2 Å². The molecule has 0 saturated carbocycles. The summed E-state index contributed by atoms with van der Waals surface area (Å²) >= 11 is 0. The van der Waals surface area contributed by atoms with Crippen LogP contribution in [0.3, 0.4) is 0 Å². The molecule has 3 heteroatoms. The molecule has 1 aromatic rings. The van der Waals surface area contributed by atoms with Crippen LogP contribution in [-0.4, -0.2) is 16.9 Å². The molecule has 0 spiro atoms. The molecule has 1 unspecified atom stereocenters. The minimum absolute atomic E-state index is 0.0940. The molecule has 0 aliphatic rings. The predicted molar refractivity (Wildman–Crippen MR) is 113 cm³/mol. The third kappa shape index (κ3) is 9.36. The molecule has 0 heterocycles. The van der Waals surface area contributed by atoms with Gasteiger partial charge < -0.3 is 5.11 Å². The molecule has 0 saturated heterocycles. The van der Waals surface area contributed by atoms with Crippen LogP contribution in [0.5, 0.6) is 0 Å². The van der Waals surface area contributed by atoms with Crippen molar-refractivity contribution in [2.24, 2.45) is 5.92 Å². The van der Waals surface area contributed by atoms with E-state index in [1.165, 1.54) is 0 Å². The number of carbonyl (C=O) groups is 2. The predicted octanol–water partition coefficient (Wildman–Crippen LogP) is 6.79. The van der Waals surface area contributed by atoms with Gasteiger partial charge in [0.15, 0.2) is 5.78 Å². The third-order valence-corrected chi connectivity index (χ3v) is 3.56. The number of Topliss-reactive ketones (excluding diaryl/α,β-unsaturated/α-hetero) is 1. The third-order valence-electron chi connectivity index (χ3n) is 3.56. The van der Waals surface area contributed by atoms with Crippen LogP contribution in [0.15, 0.2) is 42.5 Å². The molecule has 1 rings (SSSR count). The van der Waals surface area contributed by atoms with E-state index in [1.807, 2.05) is 65.8 Å². The highest BCUT2D eigenvalue weighted by Crippen LogP contribution is 2.21. The number of aliphatic carboxylic acids is 1. The van der Waals surface area contributed by atoms with Gasteiger partial charge in [0.1, 0.15) is 0 Å². The maximum atomic E-state index is 12.4. The van der Waals surface area contributed by atoms with Crippen LogP contribution in [0, 0.1) is 5.92 Å². The average Bonchev–Trinajstić information content (AvgIpc) is 2.68. The Hall–Kier alpha value is -2.16. The van der Waals surface area contributed by atoms with E-state index in [0.29, 0.717) is 12.0 Å². The lowest BCUT2D eigenvalue weighted by atomic mass is 9.91. The zero-order valence-electron chi connectivity index (χ0n) is 17.5. The topological polar surface area (TPSA) is 54.4 Å². The number of carboxylic acid groups (broad SMARTS) is 1. The minimum Gasteiger partial charge on any atom is -0.481 e. The number of hydrogen-bond acceptors (Lipinski definition) is 2. The number of carboxylic acids is 1. The van der Waals surface area contributed by atoms with Crippen LogP contribution in [0.25, 0.3) is 5.57 Å². The molecule has 146 valence electrons. The fourth-order valence-corrected chi connectivity index (χ4v) is 2.38. The SMILES string of the molecule is C/C=C\C(=C/CC)c1ccc(C(=O)C(CC)CC(=O)O)cc1.CC.CC. The summed E-state index contributed by atoms with van der Waals surface area (Å²) < 4.78 is 0. The van der Waals surface area contributed by atoms with E-state index in [2.05, 4.69) is 13.0 Å². The molecular formula is C23H36O3. The molecule has 1 aromatic carbocycles. The summed E-state index contributed by atoms with van der Waals surface area (Å²) in [5.74, 6) is -1.48. The zero-order valence-corrected chi connectivity index (χ0v) is 17.5. The standard InChI is InChI=1S/C19H24O3.2C2H6/c1-4-7-15(8-5-2)16-9-11-17(12-10-16)19(22)14(6-3)13-18(20)21;2*1-2/h4,7-12,14H,5-6,13H2,1-3H3,(H,20,21);2*1-2H3/b7-4-,15-8+;;. The monoisotopic (exact) mass is 360 g/mol. The number of ketones is 1. The van der Waals surface area contributed by atoms with Gasteiger partial charge in [-0.2, -0.15) is 0 Å². The van der Waals surface area contributed by atoms with Gasteiger partial charge in [-0.15, -0.1) is 0 Å². The van der Waals surface area contributed by atoms with Gasteiger partial charge in [0.25, 0.3) is 0 Å². The van der Waals surface area contributed by atoms with Gasteiger partial charge in [-0.25, -0.2) is 0 Å². The summed E-state index contributed by atoms with van der Waals surface area (Å²) in [4.78, 5) is 23.2. The summed E-state index contributed by atoms with van der Waals surface area (Å²) in [7, 11) is 0. The minimum atomic E-state index is -0.932. The second-order valence-corrected chi connectivity index (χ2v) is 5.21. The Bertz CT molecular complexity index is 566. The molecule has 1 N–H and O–H groups in total. The molecule has 3 nitrogen and oxygen atoms in total. The highest BCUT2D eigenvalue weighted by Gasteiger charge is 2.21. The first-order valence-electron chi connectivity index (χ1n) is 9.72. The van der Waals surface area contributed by atoms with Crippen molar-refractivity contribution in [3.63, 3.8) is 0 Å². The van der Waals surface area contributed by atoms with Crippen molar-refractivity contribution in [2.75, 3.05) is 0 Å². The first-order valence-corrected chi connectivity index (χ1v) is 9.72. The molecule has 1 atom stereocenters. The van der Waals surface area contributed by atoms with Crippen molar-refractivity contribution in [3.05, 3.63) is 53.6 Å². The summed E-state index contributed by atoms with van der Waals surface area (Å²) in [6.45, 7) is 13.9. The second kappa shape index (κ2) is 16.3. The lowest BCUT2D eigenvalue weighted by Gasteiger charge is -2.12. The van der Waals surface area contributed by atoms with E-state index in [9.17, 15) is 9.59 Å². The number of benzene rings is 1. The van der Waals surface area contributed by atoms with Gasteiger partial charge >= 0.3 is 5.97 Å². The van der Waals surface area contributed by atoms with Gasteiger partial charge in [-0.1, -0.05) is 84.0 Å². The Morgan fingerprint density at radius 1 is 1.00 bits per heavy atom. The fraction of sp³-hybridized carbons (Fsp3) is 0.478. The van der Waals surface area contributed by atoms with Crippen molar-refractivity contribution in [3.8, 4) is 0 Å². The number of allylic oxidation sites excluding steroid dienone is 4. The lowest BCUT2D eigenvalue weighted by Crippen LogP contribution is -2.17. The van der Waals surface area contributed by atoms with E-state index < -0.39 is 11.9 Å². The smallest absolute Gasteiger partial charge is 0.304 e. The number of carbonyl (C=O) groups excluding carboxylic acids is 1. The van der Waals surface area contributed by atoms with Crippen molar-refractivity contribution in [1.82, 2.24) is 0 Å². The van der Waals surface area contributed by atoms with E-state index in [4.69, 9.17) is 5.11 Å². The Balaban J connectivity index is 0. The maximum absolute atomic E-state index is 12.4. The Morgan fingerprint density at radius 3 is 1.88 bits per heavy atom. The lowest BCUT2D eigenvalue weighted by molar-refractivity contribution is -0.137. The first kappa shape index (κ1) is 26.1. The highest BCUT2D eigenvalue weighted by molar-refractivity contribution is 5.99. The van der Waals surface area contributed by atoms with Crippen molar-refractivity contribution < 1.29 is 14.7 Å². The van der Waals surface area contributed by atoms with Crippen molar-refractivity contribution >= 4 is 17.3 Å². The zero-order chi connectivity index (χ0) is 20.5. The van der Waals surface area contributed by atoms with Gasteiger partial charge in [-0.05, 0) is 30.9 Å². The largest absolute Gasteiger partial charge is 0.481 e. The molecule has 0 bridgehead atoms. The fourth-order valence-electron chi connectivity index (χ4n) is 2.38. The van der Waals surface area contributed by atoms with Crippen LogP contribution < -0.4 is 0 Å². The second-order valence-electron chi connectivity index (χ2n) is 5.21. The Kier molecular flexibility index (Phi) is 16.4. The summed E-state index contributed by atoms with van der Waals surface area (Å²) in [5, 5.41) is 8.88. The Morgan fingerprint density at radius 2 is 1.50 bits per heavy atom. The molecule has 26 heavy (non-hydrogen) atoms. The van der Waals surface area contributed by atoms with Crippen LogP contribution in [0.4, 0.5) is 0 Å². The molecule has 0 aliphatic heterocycles. The summed E-state index contributed by atoms with van der Waals surface area (Å²) in [6.07, 6.45) is 7.52. The van der Waals surface area contributed by atoms with Crippen LogP contribution in [0.1, 0.15) is 83.7 Å². The summed E-state index contributed by atoms with van der Waals surface area (Å²) in [6, 6.07) is 7.41. The van der Waals surface area contributed by atoms with Crippen molar-refractivity contribution in [1.29, 1.82) is 0 Å². The molecule has 0 amide bonds. The normalized spacial score (nSPS) is 11.7. The number of hydrogen-bond donors (Lipinski definition) is 1. The molecular weight excluding hydrogens is 324 g/mol. The van der Waals surface area contributed by atoms with E-state index in [1.54, 1.807) is 12.1 Å². The maximum Gasteiger partial charge on any atom is 0.304 e. The number of rotatable bonds is 8. The Labute approximate surface area is 159 Å².